The molecule has 1 aromatic rings. The standard InChI is InChI=1S/C13H16BrN3O/c14-10-3-4-12(15-8-10)13-7-11(18-16-13)9-17-5-1-2-6-17/h3-4,8,11H,1-2,5-7,9H2/t11-/m0/s1. The van der Waals surface area contributed by atoms with Crippen LogP contribution in [0.3, 0.4) is 0 Å². The zero-order valence-corrected chi connectivity index (χ0v) is 11.8. The number of likely N-dealkylation sites (tertiary alicyclic amines) is 1. The lowest BCUT2D eigenvalue weighted by atomic mass is 10.1. The first-order valence-electron chi connectivity index (χ1n) is 6.38. The summed E-state index contributed by atoms with van der Waals surface area (Å²) in [5.74, 6) is 0. The molecule has 2 aliphatic rings. The normalized spacial score (nSPS) is 24.1. The second-order valence-electron chi connectivity index (χ2n) is 4.84. The van der Waals surface area contributed by atoms with E-state index < -0.39 is 0 Å². The highest BCUT2D eigenvalue weighted by atomic mass is 79.9. The molecule has 5 heteroatoms. The van der Waals surface area contributed by atoms with Gasteiger partial charge in [-0.1, -0.05) is 5.16 Å². The van der Waals surface area contributed by atoms with E-state index in [2.05, 4.69) is 31.0 Å². The first kappa shape index (κ1) is 12.1. The van der Waals surface area contributed by atoms with Crippen LogP contribution in [0, 0.1) is 0 Å². The molecule has 4 nitrogen and oxygen atoms in total. The second kappa shape index (κ2) is 5.36. The number of rotatable bonds is 3. The van der Waals surface area contributed by atoms with E-state index in [1.807, 2.05) is 12.1 Å². The fourth-order valence-corrected chi connectivity index (χ4v) is 2.71. The number of halogens is 1. The van der Waals surface area contributed by atoms with Gasteiger partial charge in [-0.3, -0.25) is 9.88 Å². The monoisotopic (exact) mass is 309 g/mol. The zero-order chi connectivity index (χ0) is 12.4. The van der Waals surface area contributed by atoms with E-state index in [-0.39, 0.29) is 6.10 Å². The Hall–Kier alpha value is -0.940. The maximum absolute atomic E-state index is 5.51. The van der Waals surface area contributed by atoms with Crippen molar-refractivity contribution >= 4 is 21.6 Å². The van der Waals surface area contributed by atoms with Crippen molar-refractivity contribution in [1.29, 1.82) is 0 Å². The maximum atomic E-state index is 5.51. The Morgan fingerprint density at radius 2 is 2.17 bits per heavy atom. The van der Waals surface area contributed by atoms with Crippen molar-refractivity contribution in [3.05, 3.63) is 28.5 Å². The number of hydrogen-bond acceptors (Lipinski definition) is 4. The molecule has 1 aromatic heterocycles. The van der Waals surface area contributed by atoms with Gasteiger partial charge in [0.15, 0.2) is 0 Å². The van der Waals surface area contributed by atoms with E-state index >= 15 is 0 Å². The van der Waals surface area contributed by atoms with Gasteiger partial charge in [-0.25, -0.2) is 0 Å². The molecule has 3 rings (SSSR count). The minimum Gasteiger partial charge on any atom is -0.390 e. The summed E-state index contributed by atoms with van der Waals surface area (Å²) in [6.07, 6.45) is 5.49. The van der Waals surface area contributed by atoms with Crippen LogP contribution in [0.2, 0.25) is 0 Å². The van der Waals surface area contributed by atoms with E-state index in [9.17, 15) is 0 Å². The van der Waals surface area contributed by atoms with Crippen molar-refractivity contribution in [3.8, 4) is 0 Å². The van der Waals surface area contributed by atoms with Crippen molar-refractivity contribution in [2.75, 3.05) is 19.6 Å². The predicted molar refractivity (Wildman–Crippen MR) is 73.6 cm³/mol. The Kier molecular flexibility index (Phi) is 3.61. The minimum atomic E-state index is 0.198. The molecule has 0 bridgehead atoms. The van der Waals surface area contributed by atoms with E-state index in [1.165, 1.54) is 25.9 Å². The lowest BCUT2D eigenvalue weighted by Crippen LogP contribution is -2.30. The third kappa shape index (κ3) is 2.72. The Balaban J connectivity index is 1.58. The van der Waals surface area contributed by atoms with Crippen LogP contribution in [-0.4, -0.2) is 41.3 Å². The fraction of sp³-hybridized carbons (Fsp3) is 0.538. The molecule has 0 aliphatic carbocycles. The summed E-state index contributed by atoms with van der Waals surface area (Å²) in [7, 11) is 0. The zero-order valence-electron chi connectivity index (χ0n) is 10.2. The largest absolute Gasteiger partial charge is 0.390 e. The SMILES string of the molecule is Brc1ccc(C2=NO[C@H](CN3CCCC3)C2)nc1. The number of hydrogen-bond donors (Lipinski definition) is 0. The molecule has 1 atom stereocenters. The Bertz CT molecular complexity index is 440. The summed E-state index contributed by atoms with van der Waals surface area (Å²) in [6, 6.07) is 3.96. The molecule has 0 aromatic carbocycles. The number of nitrogens with zero attached hydrogens (tertiary/aromatic N) is 3. The molecule has 18 heavy (non-hydrogen) atoms. The highest BCUT2D eigenvalue weighted by Gasteiger charge is 2.26. The number of pyridine rings is 1. The summed E-state index contributed by atoms with van der Waals surface area (Å²) in [4.78, 5) is 12.3. The average molecular weight is 310 g/mol. The van der Waals surface area contributed by atoms with Gasteiger partial charge in [0.1, 0.15) is 11.8 Å². The summed E-state index contributed by atoms with van der Waals surface area (Å²) >= 11 is 3.38. The number of oxime groups is 1. The van der Waals surface area contributed by atoms with Crippen molar-refractivity contribution in [3.63, 3.8) is 0 Å². The molecular formula is C13H16BrN3O. The third-order valence-corrected chi connectivity index (χ3v) is 3.89. The molecule has 1 saturated heterocycles. The number of aromatic nitrogens is 1. The molecule has 0 spiro atoms. The van der Waals surface area contributed by atoms with Gasteiger partial charge in [-0.15, -0.1) is 0 Å². The van der Waals surface area contributed by atoms with E-state index in [0.29, 0.717) is 0 Å². The Morgan fingerprint density at radius 3 is 2.89 bits per heavy atom. The van der Waals surface area contributed by atoms with Gasteiger partial charge in [-0.2, -0.15) is 0 Å². The van der Waals surface area contributed by atoms with Gasteiger partial charge in [0.2, 0.25) is 0 Å². The first-order valence-corrected chi connectivity index (χ1v) is 7.17. The van der Waals surface area contributed by atoms with Crippen LogP contribution in [0.25, 0.3) is 0 Å². The summed E-state index contributed by atoms with van der Waals surface area (Å²) in [5.41, 5.74) is 1.88. The van der Waals surface area contributed by atoms with E-state index in [0.717, 1.165) is 28.8 Å². The Morgan fingerprint density at radius 1 is 1.33 bits per heavy atom. The van der Waals surface area contributed by atoms with Crippen LogP contribution in [0.5, 0.6) is 0 Å². The maximum Gasteiger partial charge on any atom is 0.145 e. The van der Waals surface area contributed by atoms with E-state index in [1.54, 1.807) is 6.20 Å². The van der Waals surface area contributed by atoms with Crippen molar-refractivity contribution < 1.29 is 4.84 Å². The molecular weight excluding hydrogens is 294 g/mol. The highest BCUT2D eigenvalue weighted by Crippen LogP contribution is 2.19. The molecule has 2 aliphatic heterocycles. The quantitative estimate of drug-likeness (QED) is 0.860. The second-order valence-corrected chi connectivity index (χ2v) is 5.75. The molecule has 0 N–H and O–H groups in total. The topological polar surface area (TPSA) is 37.7 Å². The predicted octanol–water partition coefficient (Wildman–Crippen LogP) is 2.43. The molecule has 0 radical (unpaired) electrons. The van der Waals surface area contributed by atoms with Gasteiger partial charge in [0.25, 0.3) is 0 Å². The van der Waals surface area contributed by atoms with Crippen LogP contribution in [0.1, 0.15) is 25.0 Å². The molecule has 0 amide bonds. The molecule has 0 saturated carbocycles. The lowest BCUT2D eigenvalue weighted by molar-refractivity contribution is 0.0589. The Labute approximate surface area is 115 Å². The molecule has 96 valence electrons. The lowest BCUT2D eigenvalue weighted by Gasteiger charge is -2.17. The summed E-state index contributed by atoms with van der Waals surface area (Å²) in [6.45, 7) is 3.39. The fourth-order valence-electron chi connectivity index (χ4n) is 2.48. The molecule has 1 fully saturated rings. The average Bonchev–Trinajstić information content (AvgIpc) is 3.02. The van der Waals surface area contributed by atoms with Gasteiger partial charge in [0, 0.05) is 23.6 Å². The smallest absolute Gasteiger partial charge is 0.145 e. The minimum absolute atomic E-state index is 0.198. The van der Waals surface area contributed by atoms with Gasteiger partial charge in [-0.05, 0) is 54.0 Å². The summed E-state index contributed by atoms with van der Waals surface area (Å²) < 4.78 is 0.986. The van der Waals surface area contributed by atoms with Gasteiger partial charge < -0.3 is 4.84 Å². The van der Waals surface area contributed by atoms with Crippen LogP contribution in [0.15, 0.2) is 28.0 Å². The van der Waals surface area contributed by atoms with Crippen LogP contribution >= 0.6 is 15.9 Å². The summed E-state index contributed by atoms with van der Waals surface area (Å²) in [5, 5.41) is 4.17. The van der Waals surface area contributed by atoms with Gasteiger partial charge >= 0.3 is 0 Å². The molecule has 0 unspecified atom stereocenters. The first-order chi connectivity index (χ1) is 8.81. The van der Waals surface area contributed by atoms with Crippen LogP contribution in [-0.2, 0) is 4.84 Å². The van der Waals surface area contributed by atoms with E-state index in [4.69, 9.17) is 4.84 Å². The van der Waals surface area contributed by atoms with Crippen LogP contribution in [0.4, 0.5) is 0 Å². The highest BCUT2D eigenvalue weighted by molar-refractivity contribution is 9.10. The van der Waals surface area contributed by atoms with Crippen molar-refractivity contribution in [2.24, 2.45) is 5.16 Å². The van der Waals surface area contributed by atoms with Gasteiger partial charge in [0.05, 0.1) is 5.69 Å². The molecule has 3 heterocycles. The third-order valence-electron chi connectivity index (χ3n) is 3.42. The van der Waals surface area contributed by atoms with Crippen molar-refractivity contribution in [2.45, 2.75) is 25.4 Å². The van der Waals surface area contributed by atoms with Crippen LogP contribution < -0.4 is 0 Å². The van der Waals surface area contributed by atoms with Crippen molar-refractivity contribution in [1.82, 2.24) is 9.88 Å².